The molecule has 2 saturated heterocycles. The van der Waals surface area contributed by atoms with Crippen molar-refractivity contribution < 1.29 is 14.3 Å². The Bertz CT molecular complexity index is 709. The van der Waals surface area contributed by atoms with Gasteiger partial charge in [0.15, 0.2) is 0 Å². The molecule has 0 bridgehead atoms. The summed E-state index contributed by atoms with van der Waals surface area (Å²) in [5.41, 5.74) is 0.702. The van der Waals surface area contributed by atoms with Crippen LogP contribution in [0.1, 0.15) is 47.0 Å². The predicted molar refractivity (Wildman–Crippen MR) is 98.2 cm³/mol. The van der Waals surface area contributed by atoms with E-state index in [1.54, 1.807) is 11.3 Å². The topological polar surface area (TPSA) is 38.8 Å². The van der Waals surface area contributed by atoms with Gasteiger partial charge in [-0.2, -0.15) is 0 Å². The first-order valence-corrected chi connectivity index (χ1v) is 9.88. The maximum atomic E-state index is 13.0. The SMILES string of the molecule is O=C(c1cccc(OCC2CCCO2)c1)N1CCCC1c1cccs1. The monoisotopic (exact) mass is 357 g/mol. The van der Waals surface area contributed by atoms with E-state index in [2.05, 4.69) is 17.5 Å². The number of carbonyl (C=O) groups excluding carboxylic acids is 1. The second kappa shape index (κ2) is 7.58. The van der Waals surface area contributed by atoms with E-state index in [1.165, 1.54) is 4.88 Å². The van der Waals surface area contributed by atoms with Gasteiger partial charge in [0.25, 0.3) is 5.91 Å². The fourth-order valence-electron chi connectivity index (χ4n) is 3.64. The van der Waals surface area contributed by atoms with Crippen LogP contribution in [-0.2, 0) is 4.74 Å². The molecule has 0 aliphatic carbocycles. The molecule has 2 unspecified atom stereocenters. The molecule has 2 aliphatic rings. The minimum atomic E-state index is 0.0958. The molecule has 4 rings (SSSR count). The minimum Gasteiger partial charge on any atom is -0.491 e. The van der Waals surface area contributed by atoms with Gasteiger partial charge in [0.1, 0.15) is 12.4 Å². The lowest BCUT2D eigenvalue weighted by molar-refractivity contribution is 0.0676. The first-order chi connectivity index (χ1) is 12.3. The van der Waals surface area contributed by atoms with Crippen LogP contribution in [0.5, 0.6) is 5.75 Å². The quantitative estimate of drug-likeness (QED) is 0.801. The molecule has 0 N–H and O–H groups in total. The van der Waals surface area contributed by atoms with Crippen LogP contribution in [0.4, 0.5) is 0 Å². The summed E-state index contributed by atoms with van der Waals surface area (Å²) in [4.78, 5) is 16.3. The summed E-state index contributed by atoms with van der Waals surface area (Å²) in [7, 11) is 0. The Hall–Kier alpha value is -1.85. The van der Waals surface area contributed by atoms with E-state index in [1.807, 2.05) is 29.2 Å². The van der Waals surface area contributed by atoms with Gasteiger partial charge in [-0.3, -0.25) is 4.79 Å². The van der Waals surface area contributed by atoms with Crippen molar-refractivity contribution >= 4 is 17.2 Å². The van der Waals surface area contributed by atoms with Crippen molar-refractivity contribution in [2.45, 2.75) is 37.8 Å². The average Bonchev–Trinajstić information content (AvgIpc) is 3.41. The van der Waals surface area contributed by atoms with Gasteiger partial charge in [0.2, 0.25) is 0 Å². The number of hydrogen-bond acceptors (Lipinski definition) is 4. The second-order valence-electron chi connectivity index (χ2n) is 6.65. The third kappa shape index (κ3) is 3.72. The number of ether oxygens (including phenoxy) is 2. The van der Waals surface area contributed by atoms with E-state index in [4.69, 9.17) is 9.47 Å². The van der Waals surface area contributed by atoms with E-state index < -0.39 is 0 Å². The van der Waals surface area contributed by atoms with E-state index in [-0.39, 0.29) is 18.1 Å². The third-order valence-electron chi connectivity index (χ3n) is 4.93. The molecule has 4 nitrogen and oxygen atoms in total. The summed E-state index contributed by atoms with van der Waals surface area (Å²) >= 11 is 1.73. The molecular weight excluding hydrogens is 334 g/mol. The van der Waals surface area contributed by atoms with Crippen LogP contribution >= 0.6 is 11.3 Å². The van der Waals surface area contributed by atoms with Crippen LogP contribution < -0.4 is 4.74 Å². The maximum Gasteiger partial charge on any atom is 0.254 e. The van der Waals surface area contributed by atoms with Crippen molar-refractivity contribution in [2.75, 3.05) is 19.8 Å². The van der Waals surface area contributed by atoms with Crippen molar-refractivity contribution in [2.24, 2.45) is 0 Å². The summed E-state index contributed by atoms with van der Waals surface area (Å²) in [6, 6.07) is 11.9. The molecule has 2 atom stereocenters. The average molecular weight is 357 g/mol. The van der Waals surface area contributed by atoms with E-state index in [0.29, 0.717) is 12.2 Å². The van der Waals surface area contributed by atoms with Crippen molar-refractivity contribution in [1.29, 1.82) is 0 Å². The minimum absolute atomic E-state index is 0.0958. The predicted octanol–water partition coefficient (Wildman–Crippen LogP) is 4.28. The molecule has 2 fully saturated rings. The lowest BCUT2D eigenvalue weighted by Gasteiger charge is -2.24. The smallest absolute Gasteiger partial charge is 0.254 e. The molecule has 2 aliphatic heterocycles. The molecule has 0 saturated carbocycles. The zero-order valence-electron chi connectivity index (χ0n) is 14.2. The summed E-state index contributed by atoms with van der Waals surface area (Å²) < 4.78 is 11.4. The van der Waals surface area contributed by atoms with E-state index >= 15 is 0 Å². The molecule has 3 heterocycles. The molecule has 2 aromatic rings. The summed E-state index contributed by atoms with van der Waals surface area (Å²) in [6.45, 7) is 2.20. The fourth-order valence-corrected chi connectivity index (χ4v) is 4.51. The van der Waals surface area contributed by atoms with Gasteiger partial charge in [0, 0.05) is 23.6 Å². The molecule has 25 heavy (non-hydrogen) atoms. The third-order valence-corrected chi connectivity index (χ3v) is 5.90. The second-order valence-corrected chi connectivity index (χ2v) is 7.63. The number of amides is 1. The lowest BCUT2D eigenvalue weighted by atomic mass is 10.1. The van der Waals surface area contributed by atoms with Gasteiger partial charge >= 0.3 is 0 Å². The standard InChI is InChI=1S/C20H23NO3S/c22-20(21-10-2-8-18(21)19-9-4-12-25-19)15-5-1-6-16(13-15)24-14-17-7-3-11-23-17/h1,4-6,9,12-13,17-18H,2-3,7-8,10-11,14H2. The first kappa shape index (κ1) is 16.6. The van der Waals surface area contributed by atoms with E-state index in [0.717, 1.165) is 44.6 Å². The van der Waals surface area contributed by atoms with Gasteiger partial charge in [0.05, 0.1) is 12.1 Å². The molecule has 0 radical (unpaired) electrons. The van der Waals surface area contributed by atoms with Crippen molar-refractivity contribution in [3.63, 3.8) is 0 Å². The molecule has 1 amide bonds. The number of likely N-dealkylation sites (tertiary alicyclic amines) is 1. The summed E-state index contributed by atoms with van der Waals surface area (Å²) in [6.07, 6.45) is 4.44. The Labute approximate surface area is 152 Å². The van der Waals surface area contributed by atoms with Crippen LogP contribution in [0.2, 0.25) is 0 Å². The van der Waals surface area contributed by atoms with Gasteiger partial charge in [-0.15, -0.1) is 11.3 Å². The lowest BCUT2D eigenvalue weighted by Crippen LogP contribution is -2.30. The van der Waals surface area contributed by atoms with Crippen molar-refractivity contribution in [3.8, 4) is 5.75 Å². The van der Waals surface area contributed by atoms with Crippen LogP contribution in [-0.4, -0.2) is 36.7 Å². The Balaban J connectivity index is 1.45. The highest BCUT2D eigenvalue weighted by molar-refractivity contribution is 7.10. The van der Waals surface area contributed by atoms with Gasteiger partial charge in [-0.1, -0.05) is 12.1 Å². The van der Waals surface area contributed by atoms with Crippen LogP contribution in [0.3, 0.4) is 0 Å². The highest BCUT2D eigenvalue weighted by Crippen LogP contribution is 2.35. The highest BCUT2D eigenvalue weighted by Gasteiger charge is 2.31. The summed E-state index contributed by atoms with van der Waals surface area (Å²) in [5.74, 6) is 0.840. The highest BCUT2D eigenvalue weighted by atomic mass is 32.1. The Morgan fingerprint density at radius 1 is 1.24 bits per heavy atom. The number of hydrogen-bond donors (Lipinski definition) is 0. The molecule has 1 aromatic heterocycles. The molecule has 5 heteroatoms. The maximum absolute atomic E-state index is 13.0. The molecule has 1 aromatic carbocycles. The number of nitrogens with zero attached hydrogens (tertiary/aromatic N) is 1. The van der Waals surface area contributed by atoms with Crippen LogP contribution in [0, 0.1) is 0 Å². The normalized spacial score (nSPS) is 23.1. The molecule has 0 spiro atoms. The number of benzene rings is 1. The molecule has 132 valence electrons. The van der Waals surface area contributed by atoms with Crippen molar-refractivity contribution in [1.82, 2.24) is 4.90 Å². The Morgan fingerprint density at radius 2 is 2.20 bits per heavy atom. The van der Waals surface area contributed by atoms with Gasteiger partial charge in [-0.25, -0.2) is 0 Å². The van der Waals surface area contributed by atoms with Crippen molar-refractivity contribution in [3.05, 3.63) is 52.2 Å². The Kier molecular flexibility index (Phi) is 5.04. The van der Waals surface area contributed by atoms with E-state index in [9.17, 15) is 4.79 Å². The molecular formula is C20H23NO3S. The van der Waals surface area contributed by atoms with Crippen LogP contribution in [0.15, 0.2) is 41.8 Å². The van der Waals surface area contributed by atoms with Crippen LogP contribution in [0.25, 0.3) is 0 Å². The summed E-state index contributed by atoms with van der Waals surface area (Å²) in [5, 5.41) is 2.08. The number of thiophene rings is 1. The number of rotatable bonds is 5. The zero-order chi connectivity index (χ0) is 17.1. The van der Waals surface area contributed by atoms with Gasteiger partial charge < -0.3 is 14.4 Å². The fraction of sp³-hybridized carbons (Fsp3) is 0.450. The Morgan fingerprint density at radius 3 is 3.00 bits per heavy atom. The largest absolute Gasteiger partial charge is 0.491 e. The van der Waals surface area contributed by atoms with Gasteiger partial charge in [-0.05, 0) is 55.3 Å². The first-order valence-electron chi connectivity index (χ1n) is 9.00. The number of carbonyl (C=O) groups is 1. The zero-order valence-corrected chi connectivity index (χ0v) is 15.0.